The van der Waals surface area contributed by atoms with Gasteiger partial charge in [-0.1, -0.05) is 24.3 Å². The molecule has 0 aliphatic heterocycles. The van der Waals surface area contributed by atoms with Gasteiger partial charge in [0.25, 0.3) is 0 Å². The topological polar surface area (TPSA) is 124 Å². The van der Waals surface area contributed by atoms with Crippen LogP contribution in [0, 0.1) is 0 Å². The predicted octanol–water partition coefficient (Wildman–Crippen LogP) is 0.949. The molecular formula is C17H18O8. The molecule has 1 aromatic rings. The number of carbonyl (C=O) groups is 5. The molecule has 2 atom stereocenters. The molecule has 8 nitrogen and oxygen atoms in total. The first-order chi connectivity index (χ1) is 11.7. The minimum absolute atomic E-state index is 0.135. The summed E-state index contributed by atoms with van der Waals surface area (Å²) in [5, 5.41) is 9.14. The molecule has 0 radical (unpaired) electrons. The molecule has 0 fully saturated rings. The van der Waals surface area contributed by atoms with Crippen LogP contribution in [-0.4, -0.2) is 47.3 Å². The van der Waals surface area contributed by atoms with Crippen LogP contribution in [0.25, 0.3) is 0 Å². The second kappa shape index (κ2) is 9.31. The smallest absolute Gasteiger partial charge is 0.349 e. The summed E-state index contributed by atoms with van der Waals surface area (Å²) >= 11 is 0. The van der Waals surface area contributed by atoms with Gasteiger partial charge in [-0.25, -0.2) is 4.79 Å². The van der Waals surface area contributed by atoms with E-state index >= 15 is 0 Å². The number of ketones is 1. The number of Topliss-reactive ketones (excluding diaryl/α,β-unsaturated/α-hetero) is 1. The zero-order valence-corrected chi connectivity index (χ0v) is 13.8. The van der Waals surface area contributed by atoms with Gasteiger partial charge in [-0.05, 0) is 12.0 Å². The Morgan fingerprint density at radius 3 is 1.96 bits per heavy atom. The second-order valence-electron chi connectivity index (χ2n) is 5.22. The number of carboxylic acid groups (broad SMARTS) is 1. The lowest BCUT2D eigenvalue weighted by Gasteiger charge is -2.22. The Hall–Kier alpha value is -3.03. The first-order valence-electron chi connectivity index (χ1n) is 7.38. The van der Waals surface area contributed by atoms with Gasteiger partial charge in [-0.15, -0.1) is 0 Å². The molecule has 0 aromatic heterocycles. The summed E-state index contributed by atoms with van der Waals surface area (Å²) < 4.78 is 9.37. The SMILES string of the molecule is CC(=O)OC(C(=O)O)C(OC(C)=O)C(=O)CCc1ccc(C=O)cc1. The van der Waals surface area contributed by atoms with Crippen LogP contribution >= 0.6 is 0 Å². The first kappa shape index (κ1) is 20.0. The Balaban J connectivity index is 2.86. The zero-order valence-electron chi connectivity index (χ0n) is 13.8. The molecule has 0 aliphatic carbocycles. The molecule has 0 aliphatic rings. The van der Waals surface area contributed by atoms with Crippen molar-refractivity contribution < 1.29 is 38.6 Å². The lowest BCUT2D eigenvalue weighted by atomic mass is 10.0. The Kier molecular flexibility index (Phi) is 7.45. The number of aldehydes is 1. The third-order valence-corrected chi connectivity index (χ3v) is 3.20. The average Bonchev–Trinajstić information content (AvgIpc) is 2.55. The van der Waals surface area contributed by atoms with Crippen LogP contribution < -0.4 is 0 Å². The maximum atomic E-state index is 12.3. The van der Waals surface area contributed by atoms with Crippen LogP contribution in [0.1, 0.15) is 36.2 Å². The summed E-state index contributed by atoms with van der Waals surface area (Å²) in [7, 11) is 0. The molecule has 0 saturated carbocycles. The van der Waals surface area contributed by atoms with Crippen molar-refractivity contribution in [2.24, 2.45) is 0 Å². The monoisotopic (exact) mass is 350 g/mol. The van der Waals surface area contributed by atoms with Gasteiger partial charge in [0.2, 0.25) is 12.2 Å². The van der Waals surface area contributed by atoms with Crippen molar-refractivity contribution in [2.45, 2.75) is 38.9 Å². The van der Waals surface area contributed by atoms with Crippen molar-refractivity contribution in [1.82, 2.24) is 0 Å². The fourth-order valence-electron chi connectivity index (χ4n) is 2.07. The summed E-state index contributed by atoms with van der Waals surface area (Å²) in [5.41, 5.74) is 1.22. The largest absolute Gasteiger partial charge is 0.478 e. The number of hydrogen-bond donors (Lipinski definition) is 1. The second-order valence-corrected chi connectivity index (χ2v) is 5.22. The van der Waals surface area contributed by atoms with Crippen LogP contribution in [0.2, 0.25) is 0 Å². The highest BCUT2D eigenvalue weighted by Crippen LogP contribution is 2.13. The van der Waals surface area contributed by atoms with Gasteiger partial charge in [0, 0.05) is 25.8 Å². The molecule has 134 valence electrons. The zero-order chi connectivity index (χ0) is 19.0. The number of aryl methyl sites for hydroxylation is 1. The van der Waals surface area contributed by atoms with Gasteiger partial charge in [0.1, 0.15) is 6.29 Å². The lowest BCUT2D eigenvalue weighted by molar-refractivity contribution is -0.180. The summed E-state index contributed by atoms with van der Waals surface area (Å²) in [5.74, 6) is -4.07. The van der Waals surface area contributed by atoms with Crippen molar-refractivity contribution in [3.8, 4) is 0 Å². The molecule has 0 heterocycles. The Labute approximate surface area is 143 Å². The Morgan fingerprint density at radius 1 is 1.00 bits per heavy atom. The number of aliphatic carboxylic acids is 1. The standard InChI is InChI=1S/C17H18O8/c1-10(19)24-15(16(17(22)23)25-11(2)20)14(21)8-7-12-3-5-13(9-18)6-4-12/h3-6,9,15-16H,7-8H2,1-2H3,(H,22,23). The fourth-order valence-corrected chi connectivity index (χ4v) is 2.07. The third-order valence-electron chi connectivity index (χ3n) is 3.20. The van der Waals surface area contributed by atoms with E-state index in [1.165, 1.54) is 0 Å². The van der Waals surface area contributed by atoms with Gasteiger partial charge in [0.05, 0.1) is 0 Å². The van der Waals surface area contributed by atoms with E-state index in [-0.39, 0.29) is 12.8 Å². The van der Waals surface area contributed by atoms with Crippen LogP contribution in [0.15, 0.2) is 24.3 Å². The van der Waals surface area contributed by atoms with E-state index in [0.717, 1.165) is 19.4 Å². The maximum absolute atomic E-state index is 12.3. The van der Waals surface area contributed by atoms with Crippen molar-refractivity contribution in [3.63, 3.8) is 0 Å². The van der Waals surface area contributed by atoms with Crippen LogP contribution in [0.3, 0.4) is 0 Å². The van der Waals surface area contributed by atoms with E-state index in [0.29, 0.717) is 11.8 Å². The normalized spacial score (nSPS) is 12.6. The number of ether oxygens (including phenoxy) is 2. The molecular weight excluding hydrogens is 332 g/mol. The Morgan fingerprint density at radius 2 is 1.52 bits per heavy atom. The Bertz CT molecular complexity index is 662. The predicted molar refractivity (Wildman–Crippen MR) is 83.9 cm³/mol. The molecule has 0 saturated heterocycles. The summed E-state index contributed by atoms with van der Waals surface area (Å²) in [6.07, 6.45) is -2.85. The molecule has 0 bridgehead atoms. The van der Waals surface area contributed by atoms with E-state index in [1.807, 2.05) is 0 Å². The van der Waals surface area contributed by atoms with E-state index in [9.17, 15) is 24.0 Å². The quantitative estimate of drug-likeness (QED) is 0.515. The molecule has 8 heteroatoms. The minimum atomic E-state index is -1.91. The number of benzene rings is 1. The highest BCUT2D eigenvalue weighted by Gasteiger charge is 2.38. The number of rotatable bonds is 9. The molecule has 2 unspecified atom stereocenters. The van der Waals surface area contributed by atoms with E-state index < -0.39 is 35.9 Å². The van der Waals surface area contributed by atoms with Crippen molar-refractivity contribution in [3.05, 3.63) is 35.4 Å². The van der Waals surface area contributed by atoms with Crippen molar-refractivity contribution >= 4 is 30.0 Å². The molecule has 1 N–H and O–H groups in total. The van der Waals surface area contributed by atoms with Crippen LogP contribution in [0.4, 0.5) is 0 Å². The molecule has 0 amide bonds. The van der Waals surface area contributed by atoms with Gasteiger partial charge in [-0.3, -0.25) is 19.2 Å². The van der Waals surface area contributed by atoms with E-state index in [1.54, 1.807) is 24.3 Å². The lowest BCUT2D eigenvalue weighted by Crippen LogP contribution is -2.45. The first-order valence-corrected chi connectivity index (χ1v) is 7.38. The number of hydrogen-bond acceptors (Lipinski definition) is 7. The summed E-state index contributed by atoms with van der Waals surface area (Å²) in [6, 6.07) is 6.46. The minimum Gasteiger partial charge on any atom is -0.478 e. The number of carboxylic acids is 1. The van der Waals surface area contributed by atoms with Gasteiger partial charge >= 0.3 is 17.9 Å². The van der Waals surface area contributed by atoms with Crippen LogP contribution in [0.5, 0.6) is 0 Å². The highest BCUT2D eigenvalue weighted by molar-refractivity contribution is 5.92. The van der Waals surface area contributed by atoms with Gasteiger partial charge < -0.3 is 14.6 Å². The molecule has 1 aromatic carbocycles. The summed E-state index contributed by atoms with van der Waals surface area (Å²) in [4.78, 5) is 56.4. The average molecular weight is 350 g/mol. The van der Waals surface area contributed by atoms with E-state index in [2.05, 4.69) is 4.74 Å². The number of esters is 2. The summed E-state index contributed by atoms with van der Waals surface area (Å²) in [6.45, 7) is 2.00. The molecule has 0 spiro atoms. The van der Waals surface area contributed by atoms with Gasteiger partial charge in [-0.2, -0.15) is 0 Å². The van der Waals surface area contributed by atoms with Crippen molar-refractivity contribution in [2.75, 3.05) is 0 Å². The third kappa shape index (κ3) is 6.54. The maximum Gasteiger partial charge on any atom is 0.349 e. The van der Waals surface area contributed by atoms with E-state index in [4.69, 9.17) is 9.84 Å². The van der Waals surface area contributed by atoms with Gasteiger partial charge in [0.15, 0.2) is 5.78 Å². The highest BCUT2D eigenvalue weighted by atomic mass is 16.6. The van der Waals surface area contributed by atoms with Crippen molar-refractivity contribution in [1.29, 1.82) is 0 Å². The number of carbonyl (C=O) groups excluding carboxylic acids is 4. The molecule has 25 heavy (non-hydrogen) atoms. The van der Waals surface area contributed by atoms with Crippen LogP contribution in [-0.2, 0) is 35.1 Å². The molecule has 1 rings (SSSR count). The fraction of sp³-hybridized carbons (Fsp3) is 0.353.